The number of carboxylic acids is 1. The van der Waals surface area contributed by atoms with E-state index in [1.54, 1.807) is 0 Å². The van der Waals surface area contributed by atoms with Crippen molar-refractivity contribution in [2.75, 3.05) is 0 Å². The number of hydrogen-bond donors (Lipinski definition) is 1. The van der Waals surface area contributed by atoms with Crippen LogP contribution in [-0.2, 0) is 17.8 Å². The van der Waals surface area contributed by atoms with Crippen molar-refractivity contribution >= 4 is 5.97 Å². The van der Waals surface area contributed by atoms with Gasteiger partial charge in [0.1, 0.15) is 5.82 Å². The molecule has 1 N–H and O–H groups in total. The molecule has 0 spiro atoms. The van der Waals surface area contributed by atoms with Crippen LogP contribution in [0, 0.1) is 5.92 Å². The molecule has 1 unspecified atom stereocenters. The van der Waals surface area contributed by atoms with Crippen molar-refractivity contribution in [2.24, 2.45) is 5.92 Å². The van der Waals surface area contributed by atoms with Crippen LogP contribution in [0.3, 0.4) is 0 Å². The molecule has 1 aromatic heterocycles. The summed E-state index contributed by atoms with van der Waals surface area (Å²) in [6, 6.07) is 0. The molecule has 1 fully saturated rings. The van der Waals surface area contributed by atoms with Gasteiger partial charge in [-0.3, -0.25) is 4.79 Å². The van der Waals surface area contributed by atoms with Crippen LogP contribution in [0.2, 0.25) is 0 Å². The third kappa shape index (κ3) is 2.16. The molecule has 2 aliphatic rings. The van der Waals surface area contributed by atoms with E-state index in [-0.39, 0.29) is 5.92 Å². The minimum absolute atomic E-state index is 0.231. The lowest BCUT2D eigenvalue weighted by molar-refractivity contribution is -0.142. The molecular weight excluding hydrogens is 228 g/mol. The number of carbonyl (C=O) groups is 1. The van der Waals surface area contributed by atoms with Gasteiger partial charge in [-0.1, -0.05) is 19.3 Å². The average Bonchev–Trinajstić information content (AvgIpc) is 2.82. The maximum atomic E-state index is 11.0. The van der Waals surface area contributed by atoms with E-state index < -0.39 is 5.97 Å². The van der Waals surface area contributed by atoms with Gasteiger partial charge in [0.25, 0.3) is 0 Å². The van der Waals surface area contributed by atoms with Crippen LogP contribution in [-0.4, -0.2) is 20.6 Å². The van der Waals surface area contributed by atoms with Crippen molar-refractivity contribution in [3.8, 4) is 0 Å². The van der Waals surface area contributed by atoms with Crippen molar-refractivity contribution in [2.45, 2.75) is 57.4 Å². The summed E-state index contributed by atoms with van der Waals surface area (Å²) in [7, 11) is 0. The molecule has 0 radical (unpaired) electrons. The highest BCUT2D eigenvalue weighted by atomic mass is 16.4. The second-order valence-electron chi connectivity index (χ2n) is 5.64. The normalized spacial score (nSPS) is 24.8. The van der Waals surface area contributed by atoms with Gasteiger partial charge in [-0.25, -0.2) is 4.98 Å². The monoisotopic (exact) mass is 248 g/mol. The molecule has 2 heterocycles. The van der Waals surface area contributed by atoms with Crippen LogP contribution in [0.4, 0.5) is 0 Å². The number of rotatable bonds is 2. The molecule has 3 rings (SSSR count). The SMILES string of the molecule is O=C(O)C1CCc2nc(C3CCCCC3)cn2C1. The summed E-state index contributed by atoms with van der Waals surface area (Å²) in [5.41, 5.74) is 1.20. The first-order valence-corrected chi connectivity index (χ1v) is 7.03. The number of fused-ring (bicyclic) bond motifs is 1. The highest BCUT2D eigenvalue weighted by Crippen LogP contribution is 2.33. The van der Waals surface area contributed by atoms with Crippen LogP contribution in [0.5, 0.6) is 0 Å². The second-order valence-corrected chi connectivity index (χ2v) is 5.64. The lowest BCUT2D eigenvalue weighted by Crippen LogP contribution is -2.26. The van der Waals surface area contributed by atoms with Crippen molar-refractivity contribution in [1.82, 2.24) is 9.55 Å². The number of aryl methyl sites for hydroxylation is 1. The largest absolute Gasteiger partial charge is 0.481 e. The first-order chi connectivity index (χ1) is 8.74. The molecule has 1 aliphatic carbocycles. The third-order valence-electron chi connectivity index (χ3n) is 4.38. The summed E-state index contributed by atoms with van der Waals surface area (Å²) in [5, 5.41) is 9.09. The summed E-state index contributed by atoms with van der Waals surface area (Å²) >= 11 is 0. The standard InChI is InChI=1S/C14H20N2O2/c17-14(18)11-6-7-13-15-12(9-16(13)8-11)10-4-2-1-3-5-10/h9-11H,1-8H2,(H,17,18). The summed E-state index contributed by atoms with van der Waals surface area (Å²) in [6.45, 7) is 0.602. The van der Waals surface area contributed by atoms with Crippen molar-refractivity contribution < 1.29 is 9.90 Å². The number of hydrogen-bond acceptors (Lipinski definition) is 2. The molecule has 98 valence electrons. The zero-order valence-corrected chi connectivity index (χ0v) is 10.6. The van der Waals surface area contributed by atoms with Crippen molar-refractivity contribution in [1.29, 1.82) is 0 Å². The molecular formula is C14H20N2O2. The Labute approximate surface area is 107 Å². The maximum absolute atomic E-state index is 11.0. The molecule has 0 aromatic carbocycles. The number of aromatic nitrogens is 2. The van der Waals surface area contributed by atoms with Gasteiger partial charge in [0.05, 0.1) is 11.6 Å². The molecule has 0 amide bonds. The first kappa shape index (κ1) is 11.8. The predicted molar refractivity (Wildman–Crippen MR) is 67.5 cm³/mol. The third-order valence-corrected chi connectivity index (χ3v) is 4.38. The molecule has 0 saturated heterocycles. The van der Waals surface area contributed by atoms with Gasteiger partial charge in [-0.05, 0) is 19.3 Å². The summed E-state index contributed by atoms with van der Waals surface area (Å²) in [5.74, 6) is 0.799. The molecule has 0 bridgehead atoms. The van der Waals surface area contributed by atoms with E-state index in [1.165, 1.54) is 37.8 Å². The van der Waals surface area contributed by atoms with Gasteiger partial charge in [-0.15, -0.1) is 0 Å². The number of nitrogens with zero attached hydrogens (tertiary/aromatic N) is 2. The number of carboxylic acid groups (broad SMARTS) is 1. The first-order valence-electron chi connectivity index (χ1n) is 7.03. The van der Waals surface area contributed by atoms with Gasteiger partial charge in [0.2, 0.25) is 0 Å². The smallest absolute Gasteiger partial charge is 0.308 e. The predicted octanol–water partition coefficient (Wildman–Crippen LogP) is 2.58. The van der Waals surface area contributed by atoms with Crippen molar-refractivity contribution in [3.05, 3.63) is 17.7 Å². The minimum Gasteiger partial charge on any atom is -0.481 e. The number of imidazole rings is 1. The lowest BCUT2D eigenvalue weighted by atomic mass is 9.87. The fraction of sp³-hybridized carbons (Fsp3) is 0.714. The van der Waals surface area contributed by atoms with Gasteiger partial charge in [0.15, 0.2) is 0 Å². The van der Waals surface area contributed by atoms with E-state index >= 15 is 0 Å². The van der Waals surface area contributed by atoms with Crippen LogP contribution >= 0.6 is 0 Å². The Morgan fingerprint density at radius 3 is 2.78 bits per heavy atom. The summed E-state index contributed by atoms with van der Waals surface area (Å²) in [6.07, 6.45) is 10.1. The van der Waals surface area contributed by atoms with E-state index in [9.17, 15) is 4.79 Å². The van der Waals surface area contributed by atoms with Gasteiger partial charge >= 0.3 is 5.97 Å². The Morgan fingerprint density at radius 2 is 2.06 bits per heavy atom. The maximum Gasteiger partial charge on any atom is 0.308 e. The van der Waals surface area contributed by atoms with Crippen LogP contribution < -0.4 is 0 Å². The Morgan fingerprint density at radius 1 is 1.28 bits per heavy atom. The zero-order valence-electron chi connectivity index (χ0n) is 10.6. The highest BCUT2D eigenvalue weighted by Gasteiger charge is 2.27. The minimum atomic E-state index is -0.673. The van der Waals surface area contributed by atoms with E-state index in [1.807, 2.05) is 0 Å². The van der Waals surface area contributed by atoms with Gasteiger partial charge < -0.3 is 9.67 Å². The average molecular weight is 248 g/mol. The van der Waals surface area contributed by atoms with Gasteiger partial charge in [-0.2, -0.15) is 0 Å². The molecule has 1 aliphatic heterocycles. The molecule has 4 heteroatoms. The molecule has 1 saturated carbocycles. The van der Waals surface area contributed by atoms with Crippen LogP contribution in [0.1, 0.15) is 56.0 Å². The van der Waals surface area contributed by atoms with E-state index in [2.05, 4.69) is 10.8 Å². The Hall–Kier alpha value is -1.32. The van der Waals surface area contributed by atoms with E-state index in [0.29, 0.717) is 12.5 Å². The summed E-state index contributed by atoms with van der Waals surface area (Å²) in [4.78, 5) is 15.8. The lowest BCUT2D eigenvalue weighted by Gasteiger charge is -2.19. The molecule has 1 atom stereocenters. The Balaban J connectivity index is 1.78. The fourth-order valence-electron chi connectivity index (χ4n) is 3.26. The Bertz CT molecular complexity index is 447. The summed E-state index contributed by atoms with van der Waals surface area (Å²) < 4.78 is 2.08. The van der Waals surface area contributed by atoms with Crippen LogP contribution in [0.15, 0.2) is 6.20 Å². The van der Waals surface area contributed by atoms with E-state index in [0.717, 1.165) is 18.7 Å². The number of aliphatic carboxylic acids is 1. The topological polar surface area (TPSA) is 55.1 Å². The van der Waals surface area contributed by atoms with E-state index in [4.69, 9.17) is 10.1 Å². The zero-order chi connectivity index (χ0) is 12.5. The highest BCUT2D eigenvalue weighted by molar-refractivity contribution is 5.70. The molecule has 1 aromatic rings. The van der Waals surface area contributed by atoms with Crippen LogP contribution in [0.25, 0.3) is 0 Å². The van der Waals surface area contributed by atoms with Crippen molar-refractivity contribution in [3.63, 3.8) is 0 Å². The Kier molecular flexibility index (Phi) is 3.10. The quantitative estimate of drug-likeness (QED) is 0.875. The molecule has 4 nitrogen and oxygen atoms in total. The molecule has 18 heavy (non-hydrogen) atoms. The fourth-order valence-corrected chi connectivity index (χ4v) is 3.26. The van der Waals surface area contributed by atoms with Gasteiger partial charge in [0, 0.05) is 25.1 Å². The second kappa shape index (κ2) is 4.75.